The third-order valence-corrected chi connectivity index (χ3v) is 4.51. The second-order valence-electron chi connectivity index (χ2n) is 6.47. The third-order valence-electron chi connectivity index (χ3n) is 4.51. The van der Waals surface area contributed by atoms with Crippen LogP contribution in [0.4, 0.5) is 0 Å². The highest BCUT2D eigenvalue weighted by Gasteiger charge is 2.20. The molecule has 0 bridgehead atoms. The van der Waals surface area contributed by atoms with E-state index in [1.165, 1.54) is 6.07 Å². The zero-order chi connectivity index (χ0) is 19.3. The summed E-state index contributed by atoms with van der Waals surface area (Å²) in [5, 5.41) is 13.4. The fourth-order valence-corrected chi connectivity index (χ4v) is 3.12. The van der Waals surface area contributed by atoms with Crippen molar-refractivity contribution in [2.45, 2.75) is 32.1 Å². The Morgan fingerprint density at radius 3 is 2.93 bits per heavy atom. The van der Waals surface area contributed by atoms with Gasteiger partial charge in [-0.05, 0) is 49.6 Å². The lowest BCUT2D eigenvalue weighted by Crippen LogP contribution is -2.20. The molecule has 1 unspecified atom stereocenters. The highest BCUT2D eigenvalue weighted by molar-refractivity contribution is 5.85. The van der Waals surface area contributed by atoms with Crippen molar-refractivity contribution in [1.29, 1.82) is 0 Å². The van der Waals surface area contributed by atoms with E-state index in [0.29, 0.717) is 11.4 Å². The maximum absolute atomic E-state index is 11.0. The quantitative estimate of drug-likeness (QED) is 0.700. The highest BCUT2D eigenvalue weighted by Crippen LogP contribution is 2.28. The Balaban J connectivity index is 1.44. The van der Waals surface area contributed by atoms with Crippen molar-refractivity contribution in [2.24, 2.45) is 0 Å². The van der Waals surface area contributed by atoms with Crippen LogP contribution in [0.1, 0.15) is 41.7 Å². The summed E-state index contributed by atoms with van der Waals surface area (Å²) in [6.07, 6.45) is 6.49. The number of carboxylic acid groups (broad SMARTS) is 1. The number of carbonyl (C=O) groups is 1. The lowest BCUT2D eigenvalue weighted by Gasteiger charge is -2.24. The standard InChI is InChI=1S/C20H20N4O4/c25-20(26)17-5-3-4-14(23-17)13-28-15-7-8-16(21-12-15)18-9-10-22-24(18)19-6-1-2-11-27-19/h3-5,7-10,12,19H,1-2,6,11,13H2,(H,25,26). The van der Waals surface area contributed by atoms with E-state index in [0.717, 1.165) is 37.3 Å². The van der Waals surface area contributed by atoms with Gasteiger partial charge in [0, 0.05) is 12.8 Å². The largest absolute Gasteiger partial charge is 0.486 e. The predicted molar refractivity (Wildman–Crippen MR) is 99.8 cm³/mol. The van der Waals surface area contributed by atoms with Crippen molar-refractivity contribution in [3.05, 3.63) is 60.2 Å². The van der Waals surface area contributed by atoms with Crippen molar-refractivity contribution in [1.82, 2.24) is 19.7 Å². The fourth-order valence-electron chi connectivity index (χ4n) is 3.12. The number of aromatic carboxylic acids is 1. The Labute approximate surface area is 161 Å². The molecule has 3 aromatic heterocycles. The van der Waals surface area contributed by atoms with Crippen LogP contribution in [0.2, 0.25) is 0 Å². The van der Waals surface area contributed by atoms with Crippen LogP contribution in [0.25, 0.3) is 11.4 Å². The van der Waals surface area contributed by atoms with E-state index in [1.54, 1.807) is 24.5 Å². The number of aromatic nitrogens is 4. The molecular formula is C20H20N4O4. The maximum atomic E-state index is 11.0. The van der Waals surface area contributed by atoms with Crippen molar-refractivity contribution < 1.29 is 19.4 Å². The Morgan fingerprint density at radius 1 is 1.25 bits per heavy atom. The fraction of sp³-hybridized carbons (Fsp3) is 0.300. The second-order valence-corrected chi connectivity index (χ2v) is 6.47. The average molecular weight is 380 g/mol. The van der Waals surface area contributed by atoms with E-state index in [2.05, 4.69) is 15.1 Å². The Hall–Kier alpha value is -3.26. The Kier molecular flexibility index (Phi) is 5.29. The van der Waals surface area contributed by atoms with Gasteiger partial charge in [0.05, 0.1) is 23.3 Å². The van der Waals surface area contributed by atoms with Crippen LogP contribution in [0.5, 0.6) is 5.75 Å². The molecule has 0 amide bonds. The van der Waals surface area contributed by atoms with Gasteiger partial charge in [0.2, 0.25) is 0 Å². The van der Waals surface area contributed by atoms with E-state index in [4.69, 9.17) is 14.6 Å². The van der Waals surface area contributed by atoms with Crippen LogP contribution in [-0.2, 0) is 11.3 Å². The lowest BCUT2D eigenvalue weighted by atomic mass is 10.2. The SMILES string of the molecule is O=C(O)c1cccc(COc2ccc(-c3ccnn3C3CCCCO3)nc2)n1. The molecule has 0 spiro atoms. The first-order valence-corrected chi connectivity index (χ1v) is 9.14. The number of hydrogen-bond donors (Lipinski definition) is 1. The van der Waals surface area contributed by atoms with Crippen LogP contribution in [-0.4, -0.2) is 37.4 Å². The monoisotopic (exact) mass is 380 g/mol. The van der Waals surface area contributed by atoms with Crippen LogP contribution >= 0.6 is 0 Å². The van der Waals surface area contributed by atoms with Crippen molar-refractivity contribution >= 4 is 5.97 Å². The summed E-state index contributed by atoms with van der Waals surface area (Å²) in [5.41, 5.74) is 2.21. The molecule has 144 valence electrons. The first kappa shape index (κ1) is 18.1. The summed E-state index contributed by atoms with van der Waals surface area (Å²) in [7, 11) is 0. The molecule has 4 heterocycles. The number of ether oxygens (including phenoxy) is 2. The number of rotatable bonds is 6. The van der Waals surface area contributed by atoms with Crippen LogP contribution in [0.15, 0.2) is 48.8 Å². The molecule has 8 nitrogen and oxygen atoms in total. The van der Waals surface area contributed by atoms with Gasteiger partial charge in [0.25, 0.3) is 0 Å². The predicted octanol–water partition coefficient (Wildman–Crippen LogP) is 3.32. The van der Waals surface area contributed by atoms with Crippen molar-refractivity contribution in [2.75, 3.05) is 6.61 Å². The van der Waals surface area contributed by atoms with Crippen molar-refractivity contribution in [3.8, 4) is 17.1 Å². The molecule has 0 saturated carbocycles. The number of nitrogens with zero attached hydrogens (tertiary/aromatic N) is 4. The lowest BCUT2D eigenvalue weighted by molar-refractivity contribution is -0.0384. The summed E-state index contributed by atoms with van der Waals surface area (Å²) < 4.78 is 13.4. The third kappa shape index (κ3) is 4.01. The molecule has 28 heavy (non-hydrogen) atoms. The molecule has 1 N–H and O–H groups in total. The van der Waals surface area contributed by atoms with Gasteiger partial charge in [0.15, 0.2) is 6.23 Å². The summed E-state index contributed by atoms with van der Waals surface area (Å²) >= 11 is 0. The summed E-state index contributed by atoms with van der Waals surface area (Å²) in [5.74, 6) is -0.488. The number of pyridine rings is 2. The van der Waals surface area contributed by atoms with Crippen molar-refractivity contribution in [3.63, 3.8) is 0 Å². The molecule has 0 aliphatic carbocycles. The minimum atomic E-state index is -1.06. The zero-order valence-corrected chi connectivity index (χ0v) is 15.2. The van der Waals surface area contributed by atoms with Gasteiger partial charge in [-0.25, -0.2) is 14.5 Å². The molecule has 8 heteroatoms. The molecule has 0 radical (unpaired) electrons. The first-order valence-electron chi connectivity index (χ1n) is 9.14. The van der Waals surface area contributed by atoms with Gasteiger partial charge < -0.3 is 14.6 Å². The van der Waals surface area contributed by atoms with Crippen LogP contribution in [0, 0.1) is 0 Å². The van der Waals surface area contributed by atoms with E-state index in [-0.39, 0.29) is 18.5 Å². The molecule has 1 saturated heterocycles. The minimum Gasteiger partial charge on any atom is -0.486 e. The van der Waals surface area contributed by atoms with Gasteiger partial charge in [-0.2, -0.15) is 5.10 Å². The smallest absolute Gasteiger partial charge is 0.354 e. The van der Waals surface area contributed by atoms with E-state index in [1.807, 2.05) is 22.9 Å². The van der Waals surface area contributed by atoms with Crippen LogP contribution in [0.3, 0.4) is 0 Å². The zero-order valence-electron chi connectivity index (χ0n) is 15.2. The molecular weight excluding hydrogens is 360 g/mol. The van der Waals surface area contributed by atoms with Gasteiger partial charge in [-0.3, -0.25) is 4.98 Å². The van der Waals surface area contributed by atoms with Gasteiger partial charge in [-0.15, -0.1) is 0 Å². The maximum Gasteiger partial charge on any atom is 0.354 e. The molecule has 1 fully saturated rings. The highest BCUT2D eigenvalue weighted by atomic mass is 16.5. The van der Waals surface area contributed by atoms with E-state index >= 15 is 0 Å². The van der Waals surface area contributed by atoms with Gasteiger partial charge in [-0.1, -0.05) is 6.07 Å². The van der Waals surface area contributed by atoms with Crippen LogP contribution < -0.4 is 4.74 Å². The first-order chi connectivity index (χ1) is 13.7. The average Bonchev–Trinajstić information content (AvgIpc) is 3.23. The molecule has 1 aliphatic rings. The van der Waals surface area contributed by atoms with Gasteiger partial charge in [0.1, 0.15) is 18.1 Å². The normalized spacial score (nSPS) is 16.6. The molecule has 4 rings (SSSR count). The summed E-state index contributed by atoms with van der Waals surface area (Å²) in [6, 6.07) is 10.4. The topological polar surface area (TPSA) is 99.4 Å². The van der Waals surface area contributed by atoms with Gasteiger partial charge >= 0.3 is 5.97 Å². The Morgan fingerprint density at radius 2 is 2.18 bits per heavy atom. The Bertz CT molecular complexity index is 949. The number of hydrogen-bond acceptors (Lipinski definition) is 6. The van der Waals surface area contributed by atoms with E-state index in [9.17, 15) is 4.79 Å². The second kappa shape index (κ2) is 8.18. The number of carboxylic acids is 1. The molecule has 1 atom stereocenters. The molecule has 1 aliphatic heterocycles. The minimum absolute atomic E-state index is 0.00670. The van der Waals surface area contributed by atoms with E-state index < -0.39 is 5.97 Å². The molecule has 0 aromatic carbocycles. The summed E-state index contributed by atoms with van der Waals surface area (Å²) in [6.45, 7) is 0.914. The molecule has 3 aromatic rings. The summed E-state index contributed by atoms with van der Waals surface area (Å²) in [4.78, 5) is 19.5.